The molecule has 0 aliphatic heterocycles. The Kier molecular flexibility index (Phi) is 7.02. The van der Waals surface area contributed by atoms with Crippen molar-refractivity contribution in [2.24, 2.45) is 5.92 Å². The number of benzene rings is 1. The Balaban J connectivity index is 2.46. The molecular weight excluding hydrogens is 286 g/mol. The largest absolute Gasteiger partial charge is 0.480 e. The molecule has 0 radical (unpaired) electrons. The summed E-state index contributed by atoms with van der Waals surface area (Å²) >= 11 is 5.14. The number of Topliss-reactive ketones (excluding diaryl/α,β-unsaturated/α-hetero) is 1. The first-order valence-corrected chi connectivity index (χ1v) is 7.41. The number of rotatable bonds is 8. The van der Waals surface area contributed by atoms with E-state index >= 15 is 0 Å². The van der Waals surface area contributed by atoms with Gasteiger partial charge in [-0.1, -0.05) is 56.4 Å². The Bertz CT molecular complexity index is 500. The lowest BCUT2D eigenvalue weighted by Crippen LogP contribution is -2.40. The molecule has 4 nitrogen and oxygen atoms in total. The lowest BCUT2D eigenvalue weighted by molar-refractivity contribution is -0.139. The minimum absolute atomic E-state index is 0.00971. The summed E-state index contributed by atoms with van der Waals surface area (Å²) in [6, 6.07) is 8.31. The highest BCUT2D eigenvalue weighted by Crippen LogP contribution is 2.08. The fourth-order valence-electron chi connectivity index (χ4n) is 1.95. The highest BCUT2D eigenvalue weighted by molar-refractivity contribution is 7.80. The van der Waals surface area contributed by atoms with Crippen LogP contribution in [0.3, 0.4) is 0 Å². The topological polar surface area (TPSA) is 66.4 Å². The van der Waals surface area contributed by atoms with E-state index in [-0.39, 0.29) is 18.1 Å². The maximum Gasteiger partial charge on any atom is 0.326 e. The van der Waals surface area contributed by atoms with Gasteiger partial charge in [0.1, 0.15) is 6.04 Å². The summed E-state index contributed by atoms with van der Waals surface area (Å²) < 4.78 is 0. The van der Waals surface area contributed by atoms with E-state index in [2.05, 4.69) is 5.32 Å². The third-order valence-electron chi connectivity index (χ3n) is 3.02. The van der Waals surface area contributed by atoms with Gasteiger partial charge in [0.05, 0.1) is 4.99 Å². The van der Waals surface area contributed by atoms with E-state index in [1.165, 1.54) is 0 Å². The van der Waals surface area contributed by atoms with Crippen molar-refractivity contribution in [3.05, 3.63) is 35.9 Å². The second-order valence-corrected chi connectivity index (χ2v) is 5.87. The molecule has 0 spiro atoms. The zero-order valence-corrected chi connectivity index (χ0v) is 13.2. The average molecular weight is 307 g/mol. The first-order chi connectivity index (χ1) is 9.90. The molecule has 2 N–H and O–H groups in total. The van der Waals surface area contributed by atoms with Crippen LogP contribution in [0.5, 0.6) is 0 Å². The molecule has 0 aliphatic carbocycles. The Morgan fingerprint density at radius 3 is 2.33 bits per heavy atom. The SMILES string of the molecule is CC(C)C[C@H](NC(=S)CCC(=O)c1ccccc1)C(=O)O. The monoisotopic (exact) mass is 307 g/mol. The van der Waals surface area contributed by atoms with Crippen LogP contribution in [-0.2, 0) is 4.79 Å². The fourth-order valence-corrected chi connectivity index (χ4v) is 2.20. The summed E-state index contributed by atoms with van der Waals surface area (Å²) in [6.07, 6.45) is 1.15. The van der Waals surface area contributed by atoms with Crippen LogP contribution < -0.4 is 5.32 Å². The van der Waals surface area contributed by atoms with E-state index in [0.29, 0.717) is 23.4 Å². The van der Waals surface area contributed by atoms with Crippen LogP contribution in [0.25, 0.3) is 0 Å². The molecule has 0 unspecified atom stereocenters. The van der Waals surface area contributed by atoms with E-state index in [1.807, 2.05) is 32.0 Å². The van der Waals surface area contributed by atoms with Crippen molar-refractivity contribution in [3.63, 3.8) is 0 Å². The van der Waals surface area contributed by atoms with E-state index in [4.69, 9.17) is 17.3 Å². The number of nitrogens with one attached hydrogen (secondary N) is 1. The molecule has 1 aromatic carbocycles. The van der Waals surface area contributed by atoms with Crippen molar-refractivity contribution in [2.75, 3.05) is 0 Å². The van der Waals surface area contributed by atoms with Crippen molar-refractivity contribution in [1.29, 1.82) is 0 Å². The number of carboxylic acids is 1. The minimum atomic E-state index is -0.916. The van der Waals surface area contributed by atoms with Crippen LogP contribution in [0, 0.1) is 5.92 Å². The van der Waals surface area contributed by atoms with Crippen molar-refractivity contribution < 1.29 is 14.7 Å². The van der Waals surface area contributed by atoms with Gasteiger partial charge in [-0.3, -0.25) is 4.79 Å². The van der Waals surface area contributed by atoms with Crippen LogP contribution >= 0.6 is 12.2 Å². The van der Waals surface area contributed by atoms with Gasteiger partial charge in [-0.25, -0.2) is 4.79 Å². The maximum absolute atomic E-state index is 11.9. The number of carbonyl (C=O) groups excluding carboxylic acids is 1. The number of aliphatic carboxylic acids is 1. The van der Waals surface area contributed by atoms with Gasteiger partial charge in [-0.05, 0) is 12.3 Å². The Hall–Kier alpha value is -1.75. The molecule has 21 heavy (non-hydrogen) atoms. The van der Waals surface area contributed by atoms with Gasteiger partial charge in [0.2, 0.25) is 0 Å². The molecule has 0 saturated heterocycles. The van der Waals surface area contributed by atoms with E-state index in [0.717, 1.165) is 0 Å². The summed E-state index contributed by atoms with van der Waals surface area (Å²) in [5.41, 5.74) is 0.650. The van der Waals surface area contributed by atoms with E-state index in [1.54, 1.807) is 12.1 Å². The lowest BCUT2D eigenvalue weighted by atomic mass is 10.0. The number of hydrogen-bond donors (Lipinski definition) is 2. The van der Waals surface area contributed by atoms with Crippen LogP contribution in [0.15, 0.2) is 30.3 Å². The second kappa shape index (κ2) is 8.52. The third-order valence-corrected chi connectivity index (χ3v) is 3.34. The molecule has 0 heterocycles. The Morgan fingerprint density at radius 1 is 1.19 bits per heavy atom. The van der Waals surface area contributed by atoms with Crippen LogP contribution in [0.2, 0.25) is 0 Å². The molecule has 1 rings (SSSR count). The molecule has 0 amide bonds. The van der Waals surface area contributed by atoms with Crippen molar-refractivity contribution in [1.82, 2.24) is 5.32 Å². The van der Waals surface area contributed by atoms with E-state index < -0.39 is 12.0 Å². The first-order valence-electron chi connectivity index (χ1n) is 7.00. The molecule has 114 valence electrons. The fraction of sp³-hybridized carbons (Fsp3) is 0.438. The number of ketones is 1. The van der Waals surface area contributed by atoms with Gasteiger partial charge in [0, 0.05) is 18.4 Å². The van der Waals surface area contributed by atoms with Gasteiger partial charge in [-0.2, -0.15) is 0 Å². The molecule has 0 aromatic heterocycles. The van der Waals surface area contributed by atoms with Crippen molar-refractivity contribution in [2.45, 2.75) is 39.2 Å². The van der Waals surface area contributed by atoms with Gasteiger partial charge in [0.25, 0.3) is 0 Å². The van der Waals surface area contributed by atoms with Gasteiger partial charge in [-0.15, -0.1) is 0 Å². The standard InChI is InChI=1S/C16H21NO3S/c1-11(2)10-13(16(19)20)17-15(21)9-8-14(18)12-6-4-3-5-7-12/h3-7,11,13H,8-10H2,1-2H3,(H,17,21)(H,19,20)/t13-/m0/s1. The molecule has 1 atom stereocenters. The zero-order valence-electron chi connectivity index (χ0n) is 12.3. The quantitative estimate of drug-likeness (QED) is 0.571. The summed E-state index contributed by atoms with van der Waals surface area (Å²) in [6.45, 7) is 3.92. The molecule has 0 fully saturated rings. The molecule has 1 aromatic rings. The smallest absolute Gasteiger partial charge is 0.326 e. The number of carbonyl (C=O) groups is 2. The highest BCUT2D eigenvalue weighted by atomic mass is 32.1. The zero-order chi connectivity index (χ0) is 15.8. The van der Waals surface area contributed by atoms with Crippen molar-refractivity contribution in [3.8, 4) is 0 Å². The van der Waals surface area contributed by atoms with Crippen LogP contribution in [0.1, 0.15) is 43.5 Å². The minimum Gasteiger partial charge on any atom is -0.480 e. The first kappa shape index (κ1) is 17.3. The predicted octanol–water partition coefficient (Wildman–Crippen LogP) is 3.07. The lowest BCUT2D eigenvalue weighted by Gasteiger charge is -2.18. The number of carboxylic acid groups (broad SMARTS) is 1. The maximum atomic E-state index is 11.9. The summed E-state index contributed by atoms with van der Waals surface area (Å²) in [5, 5.41) is 12.0. The summed E-state index contributed by atoms with van der Waals surface area (Å²) in [7, 11) is 0. The van der Waals surface area contributed by atoms with E-state index in [9.17, 15) is 9.59 Å². The number of hydrogen-bond acceptors (Lipinski definition) is 3. The van der Waals surface area contributed by atoms with Crippen LogP contribution in [-0.4, -0.2) is 27.9 Å². The van der Waals surface area contributed by atoms with Gasteiger partial charge >= 0.3 is 5.97 Å². The Morgan fingerprint density at radius 2 is 1.81 bits per heavy atom. The molecule has 0 aliphatic rings. The normalized spacial score (nSPS) is 12.0. The van der Waals surface area contributed by atoms with Crippen molar-refractivity contribution >= 4 is 29.0 Å². The number of thiocarbonyl (C=S) groups is 1. The van der Waals surface area contributed by atoms with Gasteiger partial charge < -0.3 is 10.4 Å². The molecular formula is C16H21NO3S. The summed E-state index contributed by atoms with van der Waals surface area (Å²) in [4.78, 5) is 23.5. The summed E-state index contributed by atoms with van der Waals surface area (Å²) in [5.74, 6) is -0.650. The molecule has 5 heteroatoms. The molecule has 0 bridgehead atoms. The second-order valence-electron chi connectivity index (χ2n) is 5.38. The third kappa shape index (κ3) is 6.49. The van der Waals surface area contributed by atoms with Crippen LogP contribution in [0.4, 0.5) is 0 Å². The Labute approximate surface area is 130 Å². The highest BCUT2D eigenvalue weighted by Gasteiger charge is 2.19. The predicted molar refractivity (Wildman–Crippen MR) is 86.6 cm³/mol. The van der Waals surface area contributed by atoms with Gasteiger partial charge in [0.15, 0.2) is 5.78 Å². The average Bonchev–Trinajstić information content (AvgIpc) is 2.44. The molecule has 0 saturated carbocycles.